The van der Waals surface area contributed by atoms with Gasteiger partial charge in [0.15, 0.2) is 5.82 Å². The number of aromatic hydroxyl groups is 1. The van der Waals surface area contributed by atoms with Crippen molar-refractivity contribution in [1.29, 1.82) is 0 Å². The average Bonchev–Trinajstić information content (AvgIpc) is 3.18. The first kappa shape index (κ1) is 20.1. The predicted octanol–water partition coefficient (Wildman–Crippen LogP) is 4.71. The average molecular weight is 451 g/mol. The van der Waals surface area contributed by atoms with E-state index in [9.17, 15) is 24.2 Å². The van der Waals surface area contributed by atoms with Gasteiger partial charge in [-0.2, -0.15) is 0 Å². The van der Waals surface area contributed by atoms with E-state index in [2.05, 4.69) is 0 Å². The number of anilines is 1. The molecule has 6 nitrogen and oxygen atoms in total. The number of benzene rings is 3. The summed E-state index contributed by atoms with van der Waals surface area (Å²) in [6, 6.07) is 14.6. The number of halogens is 2. The van der Waals surface area contributed by atoms with Crippen LogP contribution in [0.3, 0.4) is 0 Å². The zero-order chi connectivity index (χ0) is 22.6. The van der Waals surface area contributed by atoms with Gasteiger partial charge in [0.25, 0.3) is 0 Å². The van der Waals surface area contributed by atoms with Crippen LogP contribution >= 0.6 is 11.6 Å². The summed E-state index contributed by atoms with van der Waals surface area (Å²) in [5.41, 5.74) is 2.04. The van der Waals surface area contributed by atoms with Crippen molar-refractivity contribution in [3.05, 3.63) is 98.5 Å². The van der Waals surface area contributed by atoms with Crippen LogP contribution in [0, 0.1) is 5.82 Å². The van der Waals surface area contributed by atoms with Crippen LogP contribution < -0.4 is 10.3 Å². The Hall–Kier alpha value is -3.84. The number of carbonyl (C=O) groups is 1. The van der Waals surface area contributed by atoms with E-state index >= 15 is 0 Å². The highest BCUT2D eigenvalue weighted by Gasteiger charge is 2.24. The van der Waals surface area contributed by atoms with E-state index in [1.54, 1.807) is 6.07 Å². The van der Waals surface area contributed by atoms with Crippen molar-refractivity contribution in [3.8, 4) is 11.4 Å². The first-order valence-electron chi connectivity index (χ1n) is 9.76. The van der Waals surface area contributed by atoms with Gasteiger partial charge in [-0.25, -0.2) is 9.18 Å². The first-order valence-corrected chi connectivity index (χ1v) is 10.1. The molecule has 0 bridgehead atoms. The highest BCUT2D eigenvalue weighted by Crippen LogP contribution is 2.36. The number of phenols is 1. The number of phenolic OH excluding ortho intramolecular Hbond substituents is 1. The molecule has 32 heavy (non-hydrogen) atoms. The van der Waals surface area contributed by atoms with E-state index in [4.69, 9.17) is 11.6 Å². The molecule has 8 heteroatoms. The SMILES string of the molecule is O=C(O)c1cn(-c2ccc(O)cc2F)c2cc(N3Cc4ccccc4C3)c(Cl)cc2c1=O. The Morgan fingerprint density at radius 3 is 2.31 bits per heavy atom. The van der Waals surface area contributed by atoms with Crippen LogP contribution in [-0.2, 0) is 13.1 Å². The molecule has 0 saturated carbocycles. The fourth-order valence-corrected chi connectivity index (χ4v) is 4.41. The van der Waals surface area contributed by atoms with E-state index in [0.717, 1.165) is 23.4 Å². The van der Waals surface area contributed by atoms with Crippen molar-refractivity contribution in [2.24, 2.45) is 0 Å². The minimum atomic E-state index is -1.43. The molecule has 0 fully saturated rings. The second-order valence-corrected chi connectivity index (χ2v) is 8.04. The maximum absolute atomic E-state index is 14.7. The Labute approximate surface area is 186 Å². The number of nitrogens with zero attached hydrogens (tertiary/aromatic N) is 2. The molecule has 4 aromatic rings. The zero-order valence-corrected chi connectivity index (χ0v) is 17.3. The van der Waals surface area contributed by atoms with Crippen molar-refractivity contribution in [2.75, 3.05) is 4.90 Å². The quantitative estimate of drug-likeness (QED) is 0.472. The summed E-state index contributed by atoms with van der Waals surface area (Å²) in [7, 11) is 0. The number of hydrogen-bond donors (Lipinski definition) is 2. The first-order chi connectivity index (χ1) is 15.3. The second kappa shape index (κ2) is 7.39. The summed E-state index contributed by atoms with van der Waals surface area (Å²) in [5, 5.41) is 19.4. The summed E-state index contributed by atoms with van der Waals surface area (Å²) >= 11 is 6.54. The summed E-state index contributed by atoms with van der Waals surface area (Å²) in [4.78, 5) is 26.6. The lowest BCUT2D eigenvalue weighted by atomic mass is 10.1. The Balaban J connectivity index is 1.77. The number of carboxylic acids is 1. The van der Waals surface area contributed by atoms with Crippen molar-refractivity contribution in [3.63, 3.8) is 0 Å². The fourth-order valence-electron chi connectivity index (χ4n) is 4.12. The Morgan fingerprint density at radius 1 is 1.00 bits per heavy atom. The van der Waals surface area contributed by atoms with Crippen LogP contribution in [0.4, 0.5) is 10.1 Å². The van der Waals surface area contributed by atoms with Gasteiger partial charge in [-0.3, -0.25) is 4.79 Å². The highest BCUT2D eigenvalue weighted by molar-refractivity contribution is 6.34. The molecular weight excluding hydrogens is 435 g/mol. The Kier molecular flexibility index (Phi) is 4.64. The van der Waals surface area contributed by atoms with E-state index in [1.165, 1.54) is 22.8 Å². The molecule has 2 N–H and O–H groups in total. The van der Waals surface area contributed by atoms with Crippen molar-refractivity contribution < 1.29 is 19.4 Å². The number of carboxylic acid groups (broad SMARTS) is 1. The molecular formula is C24H16ClFN2O4. The number of aromatic carboxylic acids is 1. The van der Waals surface area contributed by atoms with Crippen molar-refractivity contribution in [2.45, 2.75) is 13.1 Å². The molecule has 2 heterocycles. The lowest BCUT2D eigenvalue weighted by Gasteiger charge is -2.21. The fraction of sp³-hybridized carbons (Fsp3) is 0.0833. The molecule has 0 saturated heterocycles. The molecule has 0 spiro atoms. The lowest BCUT2D eigenvalue weighted by Crippen LogP contribution is -2.20. The molecule has 0 radical (unpaired) electrons. The monoisotopic (exact) mass is 450 g/mol. The molecule has 1 aliphatic rings. The van der Waals surface area contributed by atoms with Gasteiger partial charge < -0.3 is 19.7 Å². The van der Waals surface area contributed by atoms with Crippen LogP contribution in [0.1, 0.15) is 21.5 Å². The topological polar surface area (TPSA) is 82.8 Å². The lowest BCUT2D eigenvalue weighted by molar-refractivity contribution is 0.0695. The Bertz CT molecular complexity index is 1460. The van der Waals surface area contributed by atoms with Gasteiger partial charge in [-0.05, 0) is 35.4 Å². The number of aromatic nitrogens is 1. The molecule has 160 valence electrons. The third-order valence-electron chi connectivity index (χ3n) is 5.67. The molecule has 0 amide bonds. The molecule has 1 aromatic heterocycles. The molecule has 1 aliphatic heterocycles. The summed E-state index contributed by atoms with van der Waals surface area (Å²) in [6.07, 6.45) is 1.10. The van der Waals surface area contributed by atoms with Gasteiger partial charge in [0.05, 0.1) is 21.9 Å². The van der Waals surface area contributed by atoms with Crippen LogP contribution in [-0.4, -0.2) is 20.7 Å². The summed E-state index contributed by atoms with van der Waals surface area (Å²) in [5.74, 6) is -2.47. The van der Waals surface area contributed by atoms with E-state index < -0.39 is 22.8 Å². The van der Waals surface area contributed by atoms with E-state index in [1.807, 2.05) is 29.2 Å². The molecule has 0 aliphatic carbocycles. The minimum Gasteiger partial charge on any atom is -0.508 e. The normalized spacial score (nSPS) is 12.9. The molecule has 3 aromatic carbocycles. The smallest absolute Gasteiger partial charge is 0.341 e. The van der Waals surface area contributed by atoms with Crippen LogP contribution in [0.25, 0.3) is 16.6 Å². The van der Waals surface area contributed by atoms with Crippen molar-refractivity contribution in [1.82, 2.24) is 4.57 Å². The van der Waals surface area contributed by atoms with Gasteiger partial charge in [-0.15, -0.1) is 0 Å². The Morgan fingerprint density at radius 2 is 1.69 bits per heavy atom. The highest BCUT2D eigenvalue weighted by atomic mass is 35.5. The summed E-state index contributed by atoms with van der Waals surface area (Å²) in [6.45, 7) is 1.23. The summed E-state index contributed by atoms with van der Waals surface area (Å²) < 4.78 is 16.0. The third-order valence-corrected chi connectivity index (χ3v) is 5.98. The third kappa shape index (κ3) is 3.18. The van der Waals surface area contributed by atoms with Gasteiger partial charge in [0.2, 0.25) is 5.43 Å². The molecule has 0 atom stereocenters. The van der Waals surface area contributed by atoms with Gasteiger partial charge in [0.1, 0.15) is 11.3 Å². The van der Waals surface area contributed by atoms with Crippen molar-refractivity contribution >= 4 is 34.2 Å². The molecule has 5 rings (SSSR count). The zero-order valence-electron chi connectivity index (χ0n) is 16.5. The minimum absolute atomic E-state index is 0.00622. The predicted molar refractivity (Wildman–Crippen MR) is 119 cm³/mol. The van der Waals surface area contributed by atoms with Gasteiger partial charge in [0, 0.05) is 30.7 Å². The molecule has 0 unspecified atom stereocenters. The number of pyridine rings is 1. The standard InChI is InChI=1S/C24H16ClFN2O4/c25-18-8-16-21(9-22(18)27-10-13-3-1-2-4-14(13)11-27)28(12-17(23(16)30)24(31)32)20-6-5-15(29)7-19(20)26/h1-9,12,29H,10-11H2,(H,31,32). The van der Waals surface area contributed by atoms with Crippen LogP contribution in [0.15, 0.2) is 65.6 Å². The maximum atomic E-state index is 14.7. The van der Waals surface area contributed by atoms with E-state index in [0.29, 0.717) is 29.3 Å². The van der Waals surface area contributed by atoms with Gasteiger partial charge >= 0.3 is 5.97 Å². The number of fused-ring (bicyclic) bond motifs is 2. The van der Waals surface area contributed by atoms with Crippen LogP contribution in [0.2, 0.25) is 5.02 Å². The van der Waals surface area contributed by atoms with Crippen LogP contribution in [0.5, 0.6) is 5.75 Å². The van der Waals surface area contributed by atoms with E-state index in [-0.39, 0.29) is 16.8 Å². The number of rotatable bonds is 3. The maximum Gasteiger partial charge on any atom is 0.341 e. The largest absolute Gasteiger partial charge is 0.508 e. The second-order valence-electron chi connectivity index (χ2n) is 7.63. The van der Waals surface area contributed by atoms with Gasteiger partial charge in [-0.1, -0.05) is 35.9 Å². The number of hydrogen-bond acceptors (Lipinski definition) is 4.